The molecule has 0 saturated carbocycles. The third-order valence-electron chi connectivity index (χ3n) is 3.78. The van der Waals surface area contributed by atoms with Crippen LogP contribution in [0.1, 0.15) is 24.6 Å². The highest BCUT2D eigenvalue weighted by Gasteiger charge is 2.44. The van der Waals surface area contributed by atoms with Gasteiger partial charge in [0.15, 0.2) is 0 Å². The summed E-state index contributed by atoms with van der Waals surface area (Å²) in [6.07, 6.45) is 4.25. The maximum atomic E-state index is 12.1. The molecular weight excluding hydrogens is 298 g/mol. The Labute approximate surface area is 126 Å². The van der Waals surface area contributed by atoms with Crippen LogP contribution in [0, 0.1) is 5.41 Å². The zero-order chi connectivity index (χ0) is 14.8. The molecule has 1 N–H and O–H groups in total. The van der Waals surface area contributed by atoms with Gasteiger partial charge in [-0.2, -0.15) is 0 Å². The molecule has 0 aliphatic carbocycles. The van der Waals surface area contributed by atoms with Gasteiger partial charge in [0.1, 0.15) is 0 Å². The first-order chi connectivity index (χ1) is 9.47. The van der Waals surface area contributed by atoms with E-state index in [1.165, 1.54) is 17.4 Å². The molecule has 20 heavy (non-hydrogen) atoms. The van der Waals surface area contributed by atoms with Gasteiger partial charge in [0.25, 0.3) is 0 Å². The third kappa shape index (κ3) is 3.04. The van der Waals surface area contributed by atoms with Gasteiger partial charge in [-0.15, -0.1) is 11.3 Å². The molecule has 1 fully saturated rings. The Morgan fingerprint density at radius 3 is 2.80 bits per heavy atom. The van der Waals surface area contributed by atoms with Crippen LogP contribution in [0.4, 0.5) is 0 Å². The van der Waals surface area contributed by atoms with E-state index in [1.807, 2.05) is 13.0 Å². The molecular formula is C14H16ClNO3S. The Morgan fingerprint density at radius 1 is 1.55 bits per heavy atom. The van der Waals surface area contributed by atoms with Crippen LogP contribution < -0.4 is 0 Å². The molecule has 1 saturated heterocycles. The number of halogens is 1. The van der Waals surface area contributed by atoms with Crippen LogP contribution in [0.3, 0.4) is 0 Å². The van der Waals surface area contributed by atoms with Crippen LogP contribution in [-0.4, -0.2) is 35.0 Å². The van der Waals surface area contributed by atoms with Gasteiger partial charge in [-0.25, -0.2) is 0 Å². The fourth-order valence-corrected chi connectivity index (χ4v) is 3.32. The van der Waals surface area contributed by atoms with Crippen molar-refractivity contribution in [1.82, 2.24) is 4.90 Å². The quantitative estimate of drug-likeness (QED) is 0.869. The first-order valence-electron chi connectivity index (χ1n) is 6.42. The summed E-state index contributed by atoms with van der Waals surface area (Å²) >= 11 is 7.21. The van der Waals surface area contributed by atoms with Crippen LogP contribution in [-0.2, 0) is 9.59 Å². The number of carboxylic acids is 1. The molecule has 0 spiro atoms. The summed E-state index contributed by atoms with van der Waals surface area (Å²) in [5, 5.41) is 9.30. The zero-order valence-electron chi connectivity index (χ0n) is 11.1. The average Bonchev–Trinajstić information content (AvgIpc) is 3.03. The number of aliphatic carboxylic acids is 1. The molecule has 0 aromatic carbocycles. The predicted octanol–water partition coefficient (Wildman–Crippen LogP) is 3.13. The molecule has 108 valence electrons. The van der Waals surface area contributed by atoms with Crippen molar-refractivity contribution in [3.05, 3.63) is 27.4 Å². The topological polar surface area (TPSA) is 57.6 Å². The van der Waals surface area contributed by atoms with Gasteiger partial charge in [0.2, 0.25) is 5.91 Å². The van der Waals surface area contributed by atoms with Crippen molar-refractivity contribution in [2.24, 2.45) is 5.41 Å². The van der Waals surface area contributed by atoms with Crippen LogP contribution in [0.15, 0.2) is 18.2 Å². The largest absolute Gasteiger partial charge is 0.481 e. The number of hydrogen-bond acceptors (Lipinski definition) is 3. The van der Waals surface area contributed by atoms with Crippen LogP contribution in [0.5, 0.6) is 0 Å². The maximum absolute atomic E-state index is 12.1. The van der Waals surface area contributed by atoms with Crippen LogP contribution >= 0.6 is 22.9 Å². The zero-order valence-corrected chi connectivity index (χ0v) is 12.7. The molecule has 4 nitrogen and oxygen atoms in total. The number of nitrogens with zero attached hydrogens (tertiary/aromatic N) is 1. The first-order valence-corrected chi connectivity index (χ1v) is 7.62. The predicted molar refractivity (Wildman–Crippen MR) is 79.9 cm³/mol. The van der Waals surface area contributed by atoms with E-state index in [0.29, 0.717) is 23.7 Å². The van der Waals surface area contributed by atoms with Crippen molar-refractivity contribution >= 4 is 40.9 Å². The average molecular weight is 314 g/mol. The second kappa shape index (κ2) is 5.97. The lowest BCUT2D eigenvalue weighted by molar-refractivity contribution is -0.148. The maximum Gasteiger partial charge on any atom is 0.311 e. The van der Waals surface area contributed by atoms with Crippen molar-refractivity contribution in [3.8, 4) is 0 Å². The van der Waals surface area contributed by atoms with Crippen molar-refractivity contribution in [3.63, 3.8) is 0 Å². The fourth-order valence-electron chi connectivity index (χ4n) is 2.35. The summed E-state index contributed by atoms with van der Waals surface area (Å²) in [6.45, 7) is 2.63. The van der Waals surface area contributed by atoms with Gasteiger partial charge in [-0.1, -0.05) is 18.5 Å². The van der Waals surface area contributed by atoms with Gasteiger partial charge in [-0.3, -0.25) is 9.59 Å². The van der Waals surface area contributed by atoms with E-state index >= 15 is 0 Å². The van der Waals surface area contributed by atoms with Gasteiger partial charge < -0.3 is 10.0 Å². The normalized spacial score (nSPS) is 22.6. The number of rotatable bonds is 4. The fraction of sp³-hybridized carbons (Fsp3) is 0.429. The van der Waals surface area contributed by atoms with Crippen LogP contribution in [0.25, 0.3) is 6.08 Å². The minimum absolute atomic E-state index is 0.147. The number of likely N-dealkylation sites (tertiary alicyclic amines) is 1. The monoisotopic (exact) mass is 313 g/mol. The molecule has 0 bridgehead atoms. The standard InChI is InChI=1S/C14H16ClNO3S/c1-2-14(13(18)19)7-8-16(9-14)12(17)6-4-10-3-5-11(15)20-10/h3-6H,2,7-9H2,1H3,(H,18,19). The second-order valence-electron chi connectivity index (χ2n) is 4.92. The van der Waals surface area contributed by atoms with E-state index < -0.39 is 11.4 Å². The lowest BCUT2D eigenvalue weighted by Crippen LogP contribution is -2.35. The van der Waals surface area contributed by atoms with Crippen molar-refractivity contribution in [1.29, 1.82) is 0 Å². The minimum Gasteiger partial charge on any atom is -0.481 e. The van der Waals surface area contributed by atoms with Gasteiger partial charge >= 0.3 is 5.97 Å². The molecule has 2 heterocycles. The van der Waals surface area contributed by atoms with Crippen LogP contribution in [0.2, 0.25) is 4.34 Å². The van der Waals surface area contributed by atoms with E-state index in [4.69, 9.17) is 11.6 Å². The first kappa shape index (κ1) is 15.1. The number of carbonyl (C=O) groups excluding carboxylic acids is 1. The molecule has 1 aliphatic heterocycles. The summed E-state index contributed by atoms with van der Waals surface area (Å²) in [6, 6.07) is 3.62. The molecule has 1 aromatic rings. The van der Waals surface area contributed by atoms with Crippen molar-refractivity contribution in [2.45, 2.75) is 19.8 Å². The SMILES string of the molecule is CCC1(C(=O)O)CCN(C(=O)C=Cc2ccc(Cl)s2)C1. The molecule has 1 aromatic heterocycles. The minimum atomic E-state index is -0.815. The highest BCUT2D eigenvalue weighted by atomic mass is 35.5. The Bertz CT molecular complexity index is 554. The smallest absolute Gasteiger partial charge is 0.311 e. The summed E-state index contributed by atoms with van der Waals surface area (Å²) < 4.78 is 0.675. The third-order valence-corrected chi connectivity index (χ3v) is 4.98. The molecule has 0 radical (unpaired) electrons. The molecule has 1 aliphatic rings. The molecule has 1 unspecified atom stereocenters. The Balaban J connectivity index is 2.01. The number of thiophene rings is 1. The van der Waals surface area contributed by atoms with Gasteiger partial charge in [0.05, 0.1) is 9.75 Å². The lowest BCUT2D eigenvalue weighted by atomic mass is 9.84. The molecule has 1 atom stereocenters. The Kier molecular flexibility index (Phi) is 4.50. The highest BCUT2D eigenvalue weighted by molar-refractivity contribution is 7.17. The number of amides is 1. The van der Waals surface area contributed by atoms with E-state index in [1.54, 1.807) is 17.0 Å². The molecule has 2 rings (SSSR count). The Hall–Kier alpha value is -1.33. The van der Waals surface area contributed by atoms with Gasteiger partial charge in [0, 0.05) is 24.0 Å². The van der Waals surface area contributed by atoms with Gasteiger partial charge in [-0.05, 0) is 31.1 Å². The highest BCUT2D eigenvalue weighted by Crippen LogP contribution is 2.34. The van der Waals surface area contributed by atoms with Crippen molar-refractivity contribution in [2.75, 3.05) is 13.1 Å². The second-order valence-corrected chi connectivity index (χ2v) is 6.67. The van der Waals surface area contributed by atoms with E-state index in [9.17, 15) is 14.7 Å². The summed E-state index contributed by atoms with van der Waals surface area (Å²) in [5.41, 5.74) is -0.782. The molecule has 6 heteroatoms. The summed E-state index contributed by atoms with van der Waals surface area (Å²) in [5.74, 6) is -0.963. The molecule has 1 amide bonds. The number of carboxylic acid groups (broad SMARTS) is 1. The number of hydrogen-bond donors (Lipinski definition) is 1. The Morgan fingerprint density at radius 2 is 2.30 bits per heavy atom. The van der Waals surface area contributed by atoms with E-state index in [0.717, 1.165) is 4.88 Å². The number of carbonyl (C=O) groups is 2. The van der Waals surface area contributed by atoms with E-state index in [-0.39, 0.29) is 12.5 Å². The van der Waals surface area contributed by atoms with E-state index in [2.05, 4.69) is 0 Å². The summed E-state index contributed by atoms with van der Waals surface area (Å²) in [7, 11) is 0. The lowest BCUT2D eigenvalue weighted by Gasteiger charge is -2.22. The van der Waals surface area contributed by atoms with Crippen molar-refractivity contribution < 1.29 is 14.7 Å². The summed E-state index contributed by atoms with van der Waals surface area (Å²) in [4.78, 5) is 25.9.